The molecule has 0 amide bonds. The maximum absolute atomic E-state index is 10.9. The minimum Gasteiger partial charge on any atom is -0.479 e. The molecule has 0 aliphatic carbocycles. The molecule has 98 valence electrons. The molecule has 17 heavy (non-hydrogen) atoms. The third-order valence-electron chi connectivity index (χ3n) is 2.63. The van der Waals surface area contributed by atoms with Gasteiger partial charge in [0.15, 0.2) is 6.10 Å². The number of ether oxygens (including phenoxy) is 1. The van der Waals surface area contributed by atoms with Gasteiger partial charge in [0, 0.05) is 13.0 Å². The summed E-state index contributed by atoms with van der Waals surface area (Å²) in [6.07, 6.45) is 12.0. The predicted molar refractivity (Wildman–Crippen MR) is 68.8 cm³/mol. The zero-order chi connectivity index (χ0) is 12.9. The van der Waals surface area contributed by atoms with Gasteiger partial charge in [-0.2, -0.15) is 0 Å². The molecule has 0 bridgehead atoms. The second-order valence-corrected chi connectivity index (χ2v) is 4.21. The van der Waals surface area contributed by atoms with Gasteiger partial charge >= 0.3 is 5.97 Å². The summed E-state index contributed by atoms with van der Waals surface area (Å²) in [6.45, 7) is 2.58. The van der Waals surface area contributed by atoms with Crippen LogP contribution in [0.2, 0.25) is 0 Å². The molecule has 3 heteroatoms. The summed E-state index contributed by atoms with van der Waals surface area (Å²) in [5, 5.41) is 8.93. The van der Waals surface area contributed by atoms with Crippen LogP contribution in [0.5, 0.6) is 0 Å². The van der Waals surface area contributed by atoms with E-state index in [0.717, 1.165) is 44.9 Å². The summed E-state index contributed by atoms with van der Waals surface area (Å²) in [4.78, 5) is 10.9. The molecule has 0 heterocycles. The van der Waals surface area contributed by atoms with Crippen molar-refractivity contribution in [1.82, 2.24) is 0 Å². The number of unbranched alkanes of at least 4 members (excludes halogenated alkanes) is 5. The summed E-state index contributed by atoms with van der Waals surface area (Å²) >= 11 is 0. The van der Waals surface area contributed by atoms with E-state index < -0.39 is 12.1 Å². The van der Waals surface area contributed by atoms with Crippen molar-refractivity contribution in [2.24, 2.45) is 0 Å². The van der Waals surface area contributed by atoms with E-state index in [-0.39, 0.29) is 0 Å². The van der Waals surface area contributed by atoms with Crippen molar-refractivity contribution in [1.29, 1.82) is 0 Å². The van der Waals surface area contributed by atoms with Crippen molar-refractivity contribution < 1.29 is 14.6 Å². The number of hydrogen-bond acceptors (Lipinski definition) is 2. The number of hydrogen-bond donors (Lipinski definition) is 1. The Morgan fingerprint density at radius 3 is 2.59 bits per heavy atom. The average Bonchev–Trinajstić information content (AvgIpc) is 2.31. The average molecular weight is 240 g/mol. The fourth-order valence-corrected chi connectivity index (χ4v) is 1.58. The number of carboxylic acid groups (broad SMARTS) is 1. The molecule has 0 saturated carbocycles. The van der Waals surface area contributed by atoms with Crippen molar-refractivity contribution >= 4 is 5.97 Å². The molecule has 0 aromatic heterocycles. The summed E-state index contributed by atoms with van der Waals surface area (Å²) < 4.78 is 5.37. The number of terminal acetylenes is 1. The van der Waals surface area contributed by atoms with Gasteiger partial charge in [0.2, 0.25) is 0 Å². The summed E-state index contributed by atoms with van der Waals surface area (Å²) in [6, 6.07) is 0. The van der Waals surface area contributed by atoms with Crippen molar-refractivity contribution in [3.8, 4) is 12.3 Å². The Labute approximate surface area is 105 Å². The van der Waals surface area contributed by atoms with Crippen LogP contribution >= 0.6 is 0 Å². The van der Waals surface area contributed by atoms with Crippen molar-refractivity contribution in [3.63, 3.8) is 0 Å². The molecule has 0 rings (SSSR count). The van der Waals surface area contributed by atoms with E-state index in [4.69, 9.17) is 16.3 Å². The number of rotatable bonds is 11. The van der Waals surface area contributed by atoms with Gasteiger partial charge in [-0.15, -0.1) is 12.3 Å². The first-order valence-corrected chi connectivity index (χ1v) is 6.50. The first-order valence-electron chi connectivity index (χ1n) is 6.50. The van der Waals surface area contributed by atoms with E-state index in [9.17, 15) is 4.79 Å². The van der Waals surface area contributed by atoms with E-state index in [0.29, 0.717) is 13.0 Å². The lowest BCUT2D eigenvalue weighted by Gasteiger charge is -2.12. The largest absolute Gasteiger partial charge is 0.479 e. The minimum atomic E-state index is -0.842. The maximum Gasteiger partial charge on any atom is 0.332 e. The molecule has 0 aromatic carbocycles. The van der Waals surface area contributed by atoms with Gasteiger partial charge in [0.25, 0.3) is 0 Å². The summed E-state index contributed by atoms with van der Waals surface area (Å²) in [7, 11) is 0. The van der Waals surface area contributed by atoms with Gasteiger partial charge in [0.05, 0.1) is 0 Å². The molecular formula is C14H24O3. The van der Waals surface area contributed by atoms with Crippen molar-refractivity contribution in [2.75, 3.05) is 6.61 Å². The maximum atomic E-state index is 10.9. The van der Waals surface area contributed by atoms with Gasteiger partial charge in [-0.1, -0.05) is 32.6 Å². The van der Waals surface area contributed by atoms with Crippen LogP contribution in [0.3, 0.4) is 0 Å². The van der Waals surface area contributed by atoms with Gasteiger partial charge in [-0.3, -0.25) is 0 Å². The molecule has 1 atom stereocenters. The Balaban J connectivity index is 3.48. The van der Waals surface area contributed by atoms with Crippen LogP contribution in [-0.2, 0) is 9.53 Å². The first-order chi connectivity index (χ1) is 8.22. The Bertz CT molecular complexity index is 230. The standard InChI is InChI=1S/C14H24O3/c1-3-5-7-8-9-10-12-17-13(14(15)16)11-6-4-2/h1,13H,4-12H2,2H3,(H,15,16). The lowest BCUT2D eigenvalue weighted by atomic mass is 10.1. The third-order valence-corrected chi connectivity index (χ3v) is 2.63. The van der Waals surface area contributed by atoms with Crippen LogP contribution in [0, 0.1) is 12.3 Å². The summed E-state index contributed by atoms with van der Waals surface area (Å²) in [5.41, 5.74) is 0. The highest BCUT2D eigenvalue weighted by Gasteiger charge is 2.16. The van der Waals surface area contributed by atoms with Crippen LogP contribution in [0.15, 0.2) is 0 Å². The van der Waals surface area contributed by atoms with E-state index in [1.54, 1.807) is 0 Å². The Hall–Kier alpha value is -1.01. The second-order valence-electron chi connectivity index (χ2n) is 4.21. The SMILES string of the molecule is C#CCCCCCCOC(CCCC)C(=O)O. The number of aliphatic carboxylic acids is 1. The fourth-order valence-electron chi connectivity index (χ4n) is 1.58. The van der Waals surface area contributed by atoms with Gasteiger partial charge in [-0.05, 0) is 19.3 Å². The monoisotopic (exact) mass is 240 g/mol. The molecule has 0 aromatic rings. The van der Waals surface area contributed by atoms with Crippen molar-refractivity contribution in [3.05, 3.63) is 0 Å². The molecule has 0 saturated heterocycles. The smallest absolute Gasteiger partial charge is 0.332 e. The van der Waals surface area contributed by atoms with Crippen LogP contribution in [0.4, 0.5) is 0 Å². The van der Waals surface area contributed by atoms with Crippen LogP contribution in [0.25, 0.3) is 0 Å². The summed E-state index contributed by atoms with van der Waals surface area (Å²) in [5.74, 6) is 1.76. The second kappa shape index (κ2) is 11.5. The number of carboxylic acids is 1. The zero-order valence-corrected chi connectivity index (χ0v) is 10.8. The lowest BCUT2D eigenvalue weighted by molar-refractivity contribution is -0.151. The normalized spacial score (nSPS) is 12.0. The fraction of sp³-hybridized carbons (Fsp3) is 0.786. The topological polar surface area (TPSA) is 46.5 Å². The molecular weight excluding hydrogens is 216 g/mol. The minimum absolute atomic E-state index is 0.538. The Morgan fingerprint density at radius 2 is 2.00 bits per heavy atom. The lowest BCUT2D eigenvalue weighted by Crippen LogP contribution is -2.24. The Morgan fingerprint density at radius 1 is 1.29 bits per heavy atom. The quantitative estimate of drug-likeness (QED) is 0.445. The molecule has 0 radical (unpaired) electrons. The highest BCUT2D eigenvalue weighted by atomic mass is 16.5. The molecule has 0 spiro atoms. The number of carbonyl (C=O) groups is 1. The van der Waals surface area contributed by atoms with Gasteiger partial charge < -0.3 is 9.84 Å². The molecule has 1 N–H and O–H groups in total. The van der Waals surface area contributed by atoms with E-state index in [2.05, 4.69) is 5.92 Å². The Kier molecular flexibility index (Phi) is 10.8. The van der Waals surface area contributed by atoms with Gasteiger partial charge in [-0.25, -0.2) is 4.79 Å². The van der Waals surface area contributed by atoms with Crippen LogP contribution in [-0.4, -0.2) is 23.8 Å². The van der Waals surface area contributed by atoms with Gasteiger partial charge in [0.1, 0.15) is 0 Å². The molecule has 0 fully saturated rings. The molecule has 3 nitrogen and oxygen atoms in total. The highest BCUT2D eigenvalue weighted by Crippen LogP contribution is 2.08. The van der Waals surface area contributed by atoms with E-state index >= 15 is 0 Å². The predicted octanol–water partition coefficient (Wildman–Crippen LogP) is 3.23. The van der Waals surface area contributed by atoms with E-state index in [1.165, 1.54) is 0 Å². The van der Waals surface area contributed by atoms with Crippen molar-refractivity contribution in [2.45, 2.75) is 64.4 Å². The first kappa shape index (κ1) is 16.0. The highest BCUT2D eigenvalue weighted by molar-refractivity contribution is 5.72. The molecule has 1 unspecified atom stereocenters. The molecule has 0 aliphatic heterocycles. The molecule has 0 aliphatic rings. The van der Waals surface area contributed by atoms with Crippen LogP contribution in [0.1, 0.15) is 58.3 Å². The zero-order valence-electron chi connectivity index (χ0n) is 10.8. The van der Waals surface area contributed by atoms with Crippen LogP contribution < -0.4 is 0 Å². The third kappa shape index (κ3) is 9.89. The van der Waals surface area contributed by atoms with E-state index in [1.807, 2.05) is 6.92 Å².